The Kier molecular flexibility index (Phi) is 29.1. The molecule has 1 aliphatic heterocycles. The fourth-order valence-electron chi connectivity index (χ4n) is 19.2. The Morgan fingerprint density at radius 2 is 0.624 bits per heavy atom. The summed E-state index contributed by atoms with van der Waals surface area (Å²) in [6.45, 7) is 19.5. The molecule has 0 unspecified atom stereocenters. The van der Waals surface area contributed by atoms with Crippen LogP contribution in [0.1, 0.15) is 141 Å². The van der Waals surface area contributed by atoms with Gasteiger partial charge in [0.25, 0.3) is 0 Å². The van der Waals surface area contributed by atoms with Crippen LogP contribution in [-0.2, 0) is 34.9 Å². The van der Waals surface area contributed by atoms with Gasteiger partial charge >= 0.3 is 41.6 Å². The third-order valence-electron chi connectivity index (χ3n) is 23.8. The van der Waals surface area contributed by atoms with Crippen LogP contribution in [-0.4, -0.2) is 64.3 Å². The SMILES string of the molecule is Brc1cccc(-c2cccc3c2C2(c4ccccc4-c4ccccc42)c2ccccc2-3)c1.Brc1cccc(I)c1.C1CCOC1.CC(C)OB(OC(C)C)OC(C)C.O[B]Oc1cccc(-c2cccc3c2C2(c4ccccc4-c4ccccc42)c2ccccc2-3)c1.O[B]Oc1cccc2c1C1(c3ccccc3-c3ccccc31)c1ccccc1-2.[CH2-]CCC.[Li+]. The summed E-state index contributed by atoms with van der Waals surface area (Å²) in [7, 11) is 0.967. The summed E-state index contributed by atoms with van der Waals surface area (Å²) in [5, 5.41) is 18.6. The molecule has 2 radical (unpaired) electrons. The van der Waals surface area contributed by atoms with Crippen molar-refractivity contribution in [1.29, 1.82) is 0 Å². The van der Waals surface area contributed by atoms with Crippen LogP contribution in [0.4, 0.5) is 0 Å². The summed E-state index contributed by atoms with van der Waals surface area (Å²) in [5.41, 5.74) is 34.7. The second-order valence-electron chi connectivity index (χ2n) is 32.2. The number of fused-ring (bicyclic) bond motifs is 30. The minimum Gasteiger partial charge on any atom is -0.537 e. The van der Waals surface area contributed by atoms with Gasteiger partial charge < -0.3 is 45.0 Å². The molecular weight excluding hydrogens is 1780 g/mol. The first-order valence-electron chi connectivity index (χ1n) is 42.8. The molecule has 6 aliphatic carbocycles. The van der Waals surface area contributed by atoms with Crippen molar-refractivity contribution in [3.8, 4) is 101 Å². The summed E-state index contributed by atoms with van der Waals surface area (Å²) in [6, 6.07) is 123. The van der Waals surface area contributed by atoms with Crippen LogP contribution in [0.3, 0.4) is 0 Å². The summed E-state index contributed by atoms with van der Waals surface area (Å²) in [6.07, 6.45) is 5.17. The average molecular weight is 1870 g/mol. The van der Waals surface area contributed by atoms with Gasteiger partial charge in [0.1, 0.15) is 11.5 Å². The van der Waals surface area contributed by atoms with E-state index in [9.17, 15) is 10.0 Å². The maximum Gasteiger partial charge on any atom is 1.00 e. The predicted molar refractivity (Wildman–Crippen MR) is 526 cm³/mol. The molecule has 15 aromatic rings. The minimum absolute atomic E-state index is 0. The molecule has 2 N–H and O–H groups in total. The minimum atomic E-state index is -0.542. The third-order valence-corrected chi connectivity index (χ3v) is 25.4. The summed E-state index contributed by atoms with van der Waals surface area (Å²) in [4.78, 5) is 0. The van der Waals surface area contributed by atoms with E-state index in [0.717, 1.165) is 60.6 Å². The normalized spacial score (nSPS) is 13.5. The number of unbranched alkanes of at least 4 members (excludes halogenated alkanes) is 1. The van der Waals surface area contributed by atoms with Crippen molar-refractivity contribution in [3.05, 3.63) is 432 Å². The molecule has 22 rings (SSSR count). The summed E-state index contributed by atoms with van der Waals surface area (Å²) < 4.78 is 35.7. The molecule has 7 aliphatic rings. The van der Waals surface area contributed by atoms with Crippen LogP contribution < -0.4 is 28.2 Å². The van der Waals surface area contributed by atoms with Crippen molar-refractivity contribution in [2.75, 3.05) is 13.2 Å². The van der Waals surface area contributed by atoms with E-state index >= 15 is 0 Å². The van der Waals surface area contributed by atoms with Crippen LogP contribution in [0.15, 0.2) is 355 Å². The fraction of sp³-hybridized carbons (Fsp3) is 0.173. The van der Waals surface area contributed by atoms with Gasteiger partial charge in [-0.3, -0.25) is 0 Å². The van der Waals surface area contributed by atoms with Gasteiger partial charge in [0.15, 0.2) is 0 Å². The van der Waals surface area contributed by atoms with Crippen LogP contribution in [0, 0.1) is 10.5 Å². The Morgan fingerprint density at radius 3 is 0.920 bits per heavy atom. The van der Waals surface area contributed by atoms with Gasteiger partial charge in [0.05, 0.1) is 16.2 Å². The van der Waals surface area contributed by atoms with Crippen molar-refractivity contribution < 1.29 is 56.9 Å². The van der Waals surface area contributed by atoms with E-state index in [1.165, 1.54) is 162 Å². The molecule has 1 heterocycles. The van der Waals surface area contributed by atoms with Crippen LogP contribution in [0.25, 0.3) is 89.0 Å². The molecule has 15 heteroatoms. The Balaban J connectivity index is 0.000000124. The van der Waals surface area contributed by atoms with E-state index in [1.54, 1.807) is 0 Å². The predicted octanol–water partition coefficient (Wildman–Crippen LogP) is 24.7. The van der Waals surface area contributed by atoms with E-state index in [0.29, 0.717) is 11.5 Å². The average Bonchev–Trinajstić information content (AvgIpc) is 1.52. The number of hydrogen-bond acceptors (Lipinski definition) is 8. The maximum absolute atomic E-state index is 9.44. The number of rotatable bonds is 13. The Hall–Kier alpha value is -9.86. The fourth-order valence-corrected chi connectivity index (χ4v) is 21.0. The van der Waals surface area contributed by atoms with Crippen molar-refractivity contribution >= 4 is 77.1 Å². The molecule has 15 aromatic carbocycles. The van der Waals surface area contributed by atoms with E-state index < -0.39 is 18.2 Å². The van der Waals surface area contributed by atoms with Gasteiger partial charge in [0.2, 0.25) is 0 Å². The summed E-state index contributed by atoms with van der Waals surface area (Å²) >= 11 is 9.33. The van der Waals surface area contributed by atoms with Gasteiger partial charge in [-0.05, 0) is 276 Å². The largest absolute Gasteiger partial charge is 1.00 e. The quantitative estimate of drug-likeness (QED) is 0.0670. The second-order valence-corrected chi connectivity index (χ2v) is 35.3. The van der Waals surface area contributed by atoms with Gasteiger partial charge in [0, 0.05) is 49.6 Å². The first kappa shape index (κ1) is 89.9. The smallest absolute Gasteiger partial charge is 0.537 e. The van der Waals surface area contributed by atoms with E-state index in [1.807, 2.05) is 84.0 Å². The zero-order valence-electron chi connectivity index (χ0n) is 71.8. The van der Waals surface area contributed by atoms with Crippen LogP contribution in [0.5, 0.6) is 11.5 Å². The van der Waals surface area contributed by atoms with Crippen molar-refractivity contribution in [1.82, 2.24) is 0 Å². The molecule has 0 bridgehead atoms. The van der Waals surface area contributed by atoms with Crippen LogP contribution in [0.2, 0.25) is 0 Å². The number of hydrogen-bond donors (Lipinski definition) is 2. The molecule has 8 nitrogen and oxygen atoms in total. The second kappa shape index (κ2) is 40.4. The molecule has 0 amide bonds. The van der Waals surface area contributed by atoms with Gasteiger partial charge in [-0.25, -0.2) is 0 Å². The first-order valence-corrected chi connectivity index (χ1v) is 45.4. The molecule has 1 fully saturated rings. The summed E-state index contributed by atoms with van der Waals surface area (Å²) in [5.74, 6) is 1.29. The van der Waals surface area contributed by atoms with Crippen LogP contribution >= 0.6 is 54.5 Å². The van der Waals surface area contributed by atoms with Crippen molar-refractivity contribution in [3.63, 3.8) is 0 Å². The standard InChI is InChI=1S/C31H20BO2.C31H19Br.C25H16BO2.C9H21BO3.C6H4BrI.C4H8O.C4H9.Li/c33-32-34-21-10-7-9-20(19-21)22-14-8-15-26-25-13-3-6-18-29(25)31(30(22)26)27-16-4-1-11-23(27)24-12-2-5-17-28(24)31;32-21-10-7-9-20(19-21)22-14-8-15-26-25-13-3-6-18-29(25)31(30(22)26)27-16-4-1-11-23(27)24-12-2-5-17-28(24)31;27-26-28-23-15-7-11-19-18-10-3-6-14-22(18)25(24(19)23)20-12-4-1-8-16(20)17-9-2-5-13-21(17)25;1-7(2)11-10(12-8(3)4)13-9(5)6;7-5-2-1-3-6(8)4-5;1-2-4-5-3-1;1-3-4-2;/h1-19,33H;1-19H;1-15,27H;7-9H,1-6H3;1-4H;1-4H2;1,3-4H2,2H3;/q;;;;;;-1;+1. The Labute approximate surface area is 781 Å². The topological polar surface area (TPSA) is 95.8 Å². The molecule has 616 valence electrons. The molecule has 1 saturated heterocycles. The molecular formula is C110H97B3Br2ILiO8. The molecule has 0 atom stereocenters. The zero-order chi connectivity index (χ0) is 86.1. The van der Waals surface area contributed by atoms with Gasteiger partial charge in [-0.15, -0.1) is 0 Å². The number of ether oxygens (including phenoxy) is 1. The molecule has 0 saturated carbocycles. The molecule has 0 aromatic heterocycles. The van der Waals surface area contributed by atoms with E-state index in [-0.39, 0.29) is 42.6 Å². The number of benzene rings is 15. The zero-order valence-corrected chi connectivity index (χ0v) is 77.1. The number of halogens is 3. The van der Waals surface area contributed by atoms with Crippen molar-refractivity contribution in [2.24, 2.45) is 0 Å². The Morgan fingerprint density at radius 1 is 0.352 bits per heavy atom. The van der Waals surface area contributed by atoms with Crippen molar-refractivity contribution in [2.45, 2.75) is 109 Å². The molecule has 125 heavy (non-hydrogen) atoms. The monoisotopic (exact) mass is 1870 g/mol. The van der Waals surface area contributed by atoms with Gasteiger partial charge in [-0.2, -0.15) is 6.42 Å². The first-order chi connectivity index (χ1) is 60.6. The molecule has 3 spiro atoms. The van der Waals surface area contributed by atoms with Gasteiger partial charge in [-0.1, -0.05) is 342 Å². The third kappa shape index (κ3) is 17.2. The van der Waals surface area contributed by atoms with E-state index in [4.69, 9.17) is 28.0 Å². The Bertz CT molecular complexity index is 6090. The van der Waals surface area contributed by atoms with E-state index in [2.05, 4.69) is 372 Å². The maximum atomic E-state index is 9.44.